The molecule has 0 aromatic heterocycles. The smallest absolute Gasteiger partial charge is 0.226 e. The molecule has 110 valence electrons. The van der Waals surface area contributed by atoms with E-state index in [1.165, 1.54) is 0 Å². The number of hydrogen-bond acceptors (Lipinski definition) is 2. The summed E-state index contributed by atoms with van der Waals surface area (Å²) in [7, 11) is 0. The van der Waals surface area contributed by atoms with Gasteiger partial charge in [0.2, 0.25) is 5.91 Å². The molecule has 0 aliphatic rings. The van der Waals surface area contributed by atoms with Crippen LogP contribution in [0, 0.1) is 11.8 Å². The predicted octanol–water partition coefficient (Wildman–Crippen LogP) is 3.83. The molecule has 1 aromatic carbocycles. The third-order valence-corrected chi connectivity index (χ3v) is 3.25. The molecule has 1 rings (SSSR count). The van der Waals surface area contributed by atoms with E-state index in [4.69, 9.17) is 0 Å². The summed E-state index contributed by atoms with van der Waals surface area (Å²) < 4.78 is 0. The minimum atomic E-state index is -0.0256. The van der Waals surface area contributed by atoms with Crippen LogP contribution in [0.3, 0.4) is 0 Å². The van der Waals surface area contributed by atoms with Crippen LogP contribution in [0.2, 0.25) is 0 Å². The maximum atomic E-state index is 11.6. The summed E-state index contributed by atoms with van der Waals surface area (Å²) in [6, 6.07) is 7.85. The Morgan fingerprint density at radius 1 is 1.10 bits per heavy atom. The van der Waals surface area contributed by atoms with Crippen LogP contribution in [0.15, 0.2) is 24.3 Å². The monoisotopic (exact) mass is 275 g/mol. The summed E-state index contributed by atoms with van der Waals surface area (Å²) in [5, 5.41) is 2.89. The highest BCUT2D eigenvalue weighted by atomic mass is 16.1. The minimum Gasteiger partial charge on any atom is -0.326 e. The van der Waals surface area contributed by atoms with Gasteiger partial charge >= 0.3 is 0 Å². The van der Waals surface area contributed by atoms with Crippen LogP contribution in [0.1, 0.15) is 46.1 Å². The van der Waals surface area contributed by atoms with Gasteiger partial charge in [0, 0.05) is 23.9 Å². The molecular weight excluding hydrogens is 250 g/mol. The third kappa shape index (κ3) is 5.55. The number of Topliss-reactive ketones (excluding diaryl/α,β-unsaturated/α-hetero) is 1. The van der Waals surface area contributed by atoms with Gasteiger partial charge in [-0.15, -0.1) is 0 Å². The van der Waals surface area contributed by atoms with Crippen LogP contribution in [-0.2, 0) is 16.0 Å². The fourth-order valence-electron chi connectivity index (χ4n) is 1.85. The Bertz CT molecular complexity index is 464. The molecule has 1 aromatic rings. The highest BCUT2D eigenvalue weighted by Gasteiger charge is 2.08. The van der Waals surface area contributed by atoms with E-state index in [-0.39, 0.29) is 17.7 Å². The number of hydrogen-bond donors (Lipinski definition) is 1. The van der Waals surface area contributed by atoms with Gasteiger partial charge in [0.25, 0.3) is 0 Å². The minimum absolute atomic E-state index is 0.0251. The Kier molecular flexibility index (Phi) is 6.43. The third-order valence-electron chi connectivity index (χ3n) is 3.25. The quantitative estimate of drug-likeness (QED) is 0.822. The van der Waals surface area contributed by atoms with Crippen molar-refractivity contribution in [3.63, 3.8) is 0 Å². The van der Waals surface area contributed by atoms with Crippen molar-refractivity contribution >= 4 is 17.4 Å². The normalized spacial score (nSPS) is 10.9. The van der Waals surface area contributed by atoms with Crippen molar-refractivity contribution < 1.29 is 9.59 Å². The van der Waals surface area contributed by atoms with Crippen molar-refractivity contribution in [2.24, 2.45) is 11.8 Å². The van der Waals surface area contributed by atoms with Gasteiger partial charge in [-0.3, -0.25) is 9.59 Å². The molecular formula is C17H25NO2. The second kappa shape index (κ2) is 7.83. The first-order valence-electron chi connectivity index (χ1n) is 7.32. The molecule has 0 fully saturated rings. The zero-order chi connectivity index (χ0) is 15.1. The number of aryl methyl sites for hydroxylation is 1. The average molecular weight is 275 g/mol. The molecule has 0 radical (unpaired) electrons. The molecule has 20 heavy (non-hydrogen) atoms. The largest absolute Gasteiger partial charge is 0.326 e. The second-order valence-electron chi connectivity index (χ2n) is 5.82. The maximum absolute atomic E-state index is 11.6. The van der Waals surface area contributed by atoms with Crippen LogP contribution in [0.5, 0.6) is 0 Å². The van der Waals surface area contributed by atoms with Gasteiger partial charge in [0.15, 0.2) is 0 Å². The number of rotatable bonds is 7. The van der Waals surface area contributed by atoms with Gasteiger partial charge in [0.1, 0.15) is 5.78 Å². The van der Waals surface area contributed by atoms with E-state index < -0.39 is 0 Å². The summed E-state index contributed by atoms with van der Waals surface area (Å²) in [5.41, 5.74) is 1.99. The lowest BCUT2D eigenvalue weighted by molar-refractivity contribution is -0.122. The van der Waals surface area contributed by atoms with Gasteiger partial charge in [-0.1, -0.05) is 39.8 Å². The number of nitrogens with one attached hydrogen (secondary N) is 1. The SMILES string of the molecule is CC(C)C(=O)CCCc1cccc(NC(=O)C(C)C)c1. The molecule has 0 aliphatic heterocycles. The highest BCUT2D eigenvalue weighted by Crippen LogP contribution is 2.14. The molecule has 1 amide bonds. The molecule has 0 spiro atoms. The number of anilines is 1. The molecule has 1 N–H and O–H groups in total. The first-order chi connectivity index (χ1) is 9.40. The van der Waals surface area contributed by atoms with Crippen molar-refractivity contribution in [3.8, 4) is 0 Å². The van der Waals surface area contributed by atoms with E-state index in [0.717, 1.165) is 24.1 Å². The van der Waals surface area contributed by atoms with Crippen molar-refractivity contribution in [1.82, 2.24) is 0 Å². The fourth-order valence-corrected chi connectivity index (χ4v) is 1.85. The fraction of sp³-hybridized carbons (Fsp3) is 0.529. The van der Waals surface area contributed by atoms with Crippen LogP contribution < -0.4 is 5.32 Å². The molecule has 0 aliphatic carbocycles. The standard InChI is InChI=1S/C17H25NO2/c1-12(2)16(19)10-6-8-14-7-5-9-15(11-14)18-17(20)13(3)4/h5,7,9,11-13H,6,8,10H2,1-4H3,(H,18,20). The number of carbonyl (C=O) groups excluding carboxylic acids is 2. The molecule has 0 saturated carbocycles. The van der Waals surface area contributed by atoms with Gasteiger partial charge in [-0.25, -0.2) is 0 Å². The lowest BCUT2D eigenvalue weighted by atomic mass is 10.0. The Balaban J connectivity index is 2.52. The van der Waals surface area contributed by atoms with E-state index in [2.05, 4.69) is 5.32 Å². The lowest BCUT2D eigenvalue weighted by Gasteiger charge is -2.09. The van der Waals surface area contributed by atoms with Gasteiger partial charge in [-0.05, 0) is 30.5 Å². The van der Waals surface area contributed by atoms with Crippen LogP contribution in [0.4, 0.5) is 5.69 Å². The number of ketones is 1. The zero-order valence-corrected chi connectivity index (χ0v) is 12.9. The number of amides is 1. The van der Waals surface area contributed by atoms with Crippen LogP contribution in [0.25, 0.3) is 0 Å². The molecule has 0 heterocycles. The molecule has 0 bridgehead atoms. The Labute approximate surface area is 121 Å². The molecule has 3 heteroatoms. The average Bonchev–Trinajstić information content (AvgIpc) is 2.38. The van der Waals surface area contributed by atoms with Crippen molar-refractivity contribution in [2.45, 2.75) is 47.0 Å². The summed E-state index contributed by atoms with van der Waals surface area (Å²) in [4.78, 5) is 23.2. The Morgan fingerprint density at radius 3 is 2.40 bits per heavy atom. The van der Waals surface area contributed by atoms with E-state index in [1.807, 2.05) is 52.0 Å². The second-order valence-corrected chi connectivity index (χ2v) is 5.82. The summed E-state index contributed by atoms with van der Waals surface area (Å²) >= 11 is 0. The first kappa shape index (κ1) is 16.4. The van der Waals surface area contributed by atoms with Crippen LogP contribution in [-0.4, -0.2) is 11.7 Å². The number of benzene rings is 1. The van der Waals surface area contributed by atoms with E-state index in [9.17, 15) is 9.59 Å². The zero-order valence-electron chi connectivity index (χ0n) is 12.9. The van der Waals surface area contributed by atoms with Crippen molar-refractivity contribution in [3.05, 3.63) is 29.8 Å². The summed E-state index contributed by atoms with van der Waals surface area (Å²) in [6.07, 6.45) is 2.35. The molecule has 0 atom stereocenters. The first-order valence-corrected chi connectivity index (χ1v) is 7.32. The Hall–Kier alpha value is -1.64. The topological polar surface area (TPSA) is 46.2 Å². The van der Waals surface area contributed by atoms with Gasteiger partial charge in [-0.2, -0.15) is 0 Å². The molecule has 0 saturated heterocycles. The summed E-state index contributed by atoms with van der Waals surface area (Å²) in [6.45, 7) is 7.61. The van der Waals surface area contributed by atoms with Crippen molar-refractivity contribution in [1.29, 1.82) is 0 Å². The van der Waals surface area contributed by atoms with E-state index >= 15 is 0 Å². The predicted molar refractivity (Wildman–Crippen MR) is 82.7 cm³/mol. The van der Waals surface area contributed by atoms with Gasteiger partial charge in [0.05, 0.1) is 0 Å². The highest BCUT2D eigenvalue weighted by molar-refractivity contribution is 5.92. The van der Waals surface area contributed by atoms with E-state index in [1.54, 1.807) is 0 Å². The Morgan fingerprint density at radius 2 is 1.80 bits per heavy atom. The van der Waals surface area contributed by atoms with Crippen molar-refractivity contribution in [2.75, 3.05) is 5.32 Å². The lowest BCUT2D eigenvalue weighted by Crippen LogP contribution is -2.17. The molecule has 0 unspecified atom stereocenters. The maximum Gasteiger partial charge on any atom is 0.226 e. The van der Waals surface area contributed by atoms with Crippen LogP contribution >= 0.6 is 0 Å². The van der Waals surface area contributed by atoms with E-state index in [0.29, 0.717) is 12.2 Å². The number of carbonyl (C=O) groups is 2. The van der Waals surface area contributed by atoms with Gasteiger partial charge < -0.3 is 5.32 Å². The molecule has 3 nitrogen and oxygen atoms in total. The summed E-state index contributed by atoms with van der Waals surface area (Å²) in [5.74, 6) is 0.431.